The zero-order valence-electron chi connectivity index (χ0n) is 20.3. The molecule has 1 saturated heterocycles. The first kappa shape index (κ1) is 24.3. The molecule has 2 aromatic heterocycles. The van der Waals surface area contributed by atoms with Gasteiger partial charge >= 0.3 is 0 Å². The van der Waals surface area contributed by atoms with Crippen molar-refractivity contribution in [2.24, 2.45) is 0 Å². The molecule has 0 aliphatic carbocycles. The third-order valence-electron chi connectivity index (χ3n) is 5.34. The molecule has 0 radical (unpaired) electrons. The zero-order chi connectivity index (χ0) is 24.5. The predicted octanol–water partition coefficient (Wildman–Crippen LogP) is 4.90. The molecule has 1 fully saturated rings. The predicted molar refractivity (Wildman–Crippen MR) is 133 cm³/mol. The highest BCUT2D eigenvalue weighted by Gasteiger charge is 2.33. The maximum Gasteiger partial charge on any atom is 0.281 e. The first-order valence-corrected chi connectivity index (χ1v) is 12.2. The van der Waals surface area contributed by atoms with Gasteiger partial charge in [-0.15, -0.1) is 5.10 Å². The Kier molecular flexibility index (Phi) is 6.97. The lowest BCUT2D eigenvalue weighted by Gasteiger charge is -2.17. The largest absolute Gasteiger partial charge is 0.491 e. The zero-order valence-corrected chi connectivity index (χ0v) is 21.2. The summed E-state index contributed by atoms with van der Waals surface area (Å²) < 4.78 is 19.0. The molecule has 0 bridgehead atoms. The van der Waals surface area contributed by atoms with Gasteiger partial charge in [-0.3, -0.25) is 4.79 Å². The molecule has 0 amide bonds. The Labute approximate surface area is 202 Å². The molecule has 9 heteroatoms. The summed E-state index contributed by atoms with van der Waals surface area (Å²) >= 11 is 1.48. The van der Waals surface area contributed by atoms with Gasteiger partial charge in [-0.05, 0) is 51.5 Å². The fourth-order valence-corrected chi connectivity index (χ4v) is 4.68. The van der Waals surface area contributed by atoms with Crippen LogP contribution in [-0.2, 0) is 9.47 Å². The van der Waals surface area contributed by atoms with Crippen molar-refractivity contribution >= 4 is 28.3 Å². The monoisotopic (exact) mass is 482 g/mol. The normalized spacial score (nSPS) is 17.1. The van der Waals surface area contributed by atoms with E-state index in [0.717, 1.165) is 10.5 Å². The molecule has 3 heterocycles. The van der Waals surface area contributed by atoms with Gasteiger partial charge in [-0.2, -0.15) is 4.98 Å². The van der Waals surface area contributed by atoms with Crippen LogP contribution in [0, 0.1) is 13.8 Å². The van der Waals surface area contributed by atoms with Gasteiger partial charge in [0.1, 0.15) is 18.5 Å². The van der Waals surface area contributed by atoms with Crippen LogP contribution in [0.5, 0.6) is 5.75 Å². The van der Waals surface area contributed by atoms with E-state index in [0.29, 0.717) is 40.5 Å². The number of nitrogens with one attached hydrogen (secondary N) is 1. The van der Waals surface area contributed by atoms with Crippen molar-refractivity contribution in [1.82, 2.24) is 19.8 Å². The standard InChI is InChI=1S/C23H24N4O4S.C2H6/c1-13-5-8-19(14(2)9-13)32-22-20-24-21(28)17-7-6-15(10-18(17)27(20)26-25-22)29-11-16-12-30-23(3,4)31-16;1-2/h5-10,16,26H,11-12H2,1-4H3;1-2H3. The fraction of sp³-hybridized carbons (Fsp3) is 0.400. The van der Waals surface area contributed by atoms with Gasteiger partial charge in [0.25, 0.3) is 5.56 Å². The van der Waals surface area contributed by atoms with E-state index in [2.05, 4.69) is 47.3 Å². The van der Waals surface area contributed by atoms with Crippen LogP contribution in [0.15, 0.2) is 51.1 Å². The molecule has 1 N–H and O–H groups in total. The summed E-state index contributed by atoms with van der Waals surface area (Å²) in [5, 5.41) is 8.54. The van der Waals surface area contributed by atoms with Crippen LogP contribution >= 0.6 is 11.8 Å². The van der Waals surface area contributed by atoms with Gasteiger partial charge in [-0.25, -0.2) is 9.73 Å². The summed E-state index contributed by atoms with van der Waals surface area (Å²) in [6.45, 7) is 12.7. The lowest BCUT2D eigenvalue weighted by Crippen LogP contribution is -2.25. The number of hydrogen-bond donors (Lipinski definition) is 1. The average Bonchev–Trinajstić information content (AvgIpc) is 3.38. The van der Waals surface area contributed by atoms with Gasteiger partial charge in [0.05, 0.1) is 17.5 Å². The van der Waals surface area contributed by atoms with Crippen LogP contribution in [0.4, 0.5) is 0 Å². The molecule has 2 aromatic carbocycles. The van der Waals surface area contributed by atoms with Crippen LogP contribution in [-0.4, -0.2) is 44.9 Å². The lowest BCUT2D eigenvalue weighted by molar-refractivity contribution is -0.141. The van der Waals surface area contributed by atoms with E-state index in [-0.39, 0.29) is 11.7 Å². The molecule has 34 heavy (non-hydrogen) atoms. The van der Waals surface area contributed by atoms with E-state index >= 15 is 0 Å². The number of aromatic amines is 1. The summed E-state index contributed by atoms with van der Waals surface area (Å²) in [4.78, 5) is 18.0. The van der Waals surface area contributed by atoms with E-state index in [1.165, 1.54) is 17.3 Å². The average molecular weight is 483 g/mol. The molecule has 4 aromatic rings. The molecule has 1 aliphatic rings. The summed E-state index contributed by atoms with van der Waals surface area (Å²) in [6, 6.07) is 11.5. The number of ether oxygens (including phenoxy) is 3. The molecule has 5 rings (SSSR count). The van der Waals surface area contributed by atoms with E-state index in [1.807, 2.05) is 33.8 Å². The van der Waals surface area contributed by atoms with Crippen molar-refractivity contribution in [2.75, 3.05) is 13.2 Å². The van der Waals surface area contributed by atoms with Crippen LogP contribution in [0.3, 0.4) is 0 Å². The highest BCUT2D eigenvalue weighted by molar-refractivity contribution is 7.99. The van der Waals surface area contributed by atoms with Gasteiger partial charge in [0.15, 0.2) is 16.5 Å². The third-order valence-corrected chi connectivity index (χ3v) is 6.49. The van der Waals surface area contributed by atoms with Gasteiger partial charge in [-0.1, -0.05) is 43.3 Å². The molecule has 0 saturated carbocycles. The van der Waals surface area contributed by atoms with Gasteiger partial charge in [0.2, 0.25) is 0 Å². The van der Waals surface area contributed by atoms with Crippen LogP contribution in [0.2, 0.25) is 0 Å². The Hall–Kier alpha value is -2.88. The summed E-state index contributed by atoms with van der Waals surface area (Å²) in [7, 11) is 0. The highest BCUT2D eigenvalue weighted by atomic mass is 32.2. The minimum absolute atomic E-state index is 0.145. The molecule has 1 aliphatic heterocycles. The molecule has 0 spiro atoms. The van der Waals surface area contributed by atoms with E-state index in [9.17, 15) is 4.79 Å². The van der Waals surface area contributed by atoms with Crippen molar-refractivity contribution in [3.05, 3.63) is 57.9 Å². The summed E-state index contributed by atoms with van der Waals surface area (Å²) in [5.74, 6) is 0.0332. The van der Waals surface area contributed by atoms with Gasteiger partial charge < -0.3 is 14.2 Å². The van der Waals surface area contributed by atoms with Crippen molar-refractivity contribution in [2.45, 2.75) is 63.4 Å². The third kappa shape index (κ3) is 4.96. The van der Waals surface area contributed by atoms with Crippen molar-refractivity contribution in [3.63, 3.8) is 0 Å². The SMILES string of the molecule is CC.Cc1ccc(Sc2n[nH]n3c2nc(=O)c2ccc(OCC4COC(C)(C)O4)cc23)c(C)c1. The van der Waals surface area contributed by atoms with Gasteiger partial charge in [0, 0.05) is 11.0 Å². The quantitative estimate of drug-likeness (QED) is 0.433. The van der Waals surface area contributed by atoms with Crippen molar-refractivity contribution in [1.29, 1.82) is 0 Å². The fourth-order valence-electron chi connectivity index (χ4n) is 3.80. The number of H-pyrrole nitrogens is 1. The number of rotatable bonds is 5. The number of fused-ring (bicyclic) bond motifs is 3. The smallest absolute Gasteiger partial charge is 0.281 e. The number of nitrogens with zero attached hydrogens (tertiary/aromatic N) is 3. The highest BCUT2D eigenvalue weighted by Crippen LogP contribution is 2.32. The molecule has 1 atom stereocenters. The number of aromatic nitrogens is 4. The topological polar surface area (TPSA) is 90.7 Å². The minimum atomic E-state index is -0.595. The molecular weight excluding hydrogens is 452 g/mol. The second-order valence-corrected chi connectivity index (χ2v) is 9.44. The number of hydrogen-bond acceptors (Lipinski definition) is 7. The maximum atomic E-state index is 12.7. The maximum absolute atomic E-state index is 12.7. The Morgan fingerprint density at radius 2 is 2.00 bits per heavy atom. The Morgan fingerprint density at radius 1 is 1.21 bits per heavy atom. The van der Waals surface area contributed by atoms with Crippen molar-refractivity contribution in [3.8, 4) is 5.75 Å². The van der Waals surface area contributed by atoms with E-state index in [1.54, 1.807) is 16.6 Å². The molecular formula is C25H30N4O4S. The summed E-state index contributed by atoms with van der Waals surface area (Å²) in [6.07, 6.45) is -0.145. The van der Waals surface area contributed by atoms with Crippen LogP contribution < -0.4 is 10.3 Å². The first-order chi connectivity index (χ1) is 16.3. The summed E-state index contributed by atoms with van der Waals surface area (Å²) in [5.41, 5.74) is 3.19. The lowest BCUT2D eigenvalue weighted by atomic mass is 10.2. The van der Waals surface area contributed by atoms with E-state index < -0.39 is 5.79 Å². The molecule has 8 nitrogen and oxygen atoms in total. The second-order valence-electron chi connectivity index (χ2n) is 8.40. The Morgan fingerprint density at radius 3 is 2.71 bits per heavy atom. The molecule has 1 unspecified atom stereocenters. The first-order valence-electron chi connectivity index (χ1n) is 11.4. The Bertz CT molecular complexity index is 1380. The van der Waals surface area contributed by atoms with E-state index in [4.69, 9.17) is 14.2 Å². The Balaban J connectivity index is 0.00000133. The van der Waals surface area contributed by atoms with Crippen LogP contribution in [0.25, 0.3) is 16.6 Å². The van der Waals surface area contributed by atoms with Crippen molar-refractivity contribution < 1.29 is 14.2 Å². The minimum Gasteiger partial charge on any atom is -0.491 e. The second kappa shape index (κ2) is 9.77. The van der Waals surface area contributed by atoms with Crippen LogP contribution in [0.1, 0.15) is 38.8 Å². The number of aryl methyl sites for hydroxylation is 2. The molecule has 180 valence electrons. The number of benzene rings is 2.